The first-order valence-corrected chi connectivity index (χ1v) is 6.85. The molecular weight excluding hydrogens is 260 g/mol. The van der Waals surface area contributed by atoms with Crippen LogP contribution in [0.3, 0.4) is 0 Å². The number of rotatable bonds is 11. The first-order chi connectivity index (χ1) is 9.40. The Balaban J connectivity index is 3.80. The zero-order valence-corrected chi connectivity index (χ0v) is 12.1. The average molecular weight is 284 g/mol. The summed E-state index contributed by atoms with van der Waals surface area (Å²) in [5.74, 6) is -1.60. The summed E-state index contributed by atoms with van der Waals surface area (Å²) >= 11 is 0. The molecule has 0 aliphatic rings. The summed E-state index contributed by atoms with van der Waals surface area (Å²) < 4.78 is 4.97. The van der Waals surface area contributed by atoms with Gasteiger partial charge in [-0.15, -0.1) is 0 Å². The van der Waals surface area contributed by atoms with E-state index in [0.717, 1.165) is 12.8 Å². The normalized spacial score (nSPS) is 11.7. The number of carboxylic acids is 1. The van der Waals surface area contributed by atoms with Crippen LogP contribution in [-0.4, -0.2) is 34.9 Å². The van der Waals surface area contributed by atoms with E-state index < -0.39 is 18.0 Å². The SMILES string of the molecule is C=C(CCCCOC(=O)C(=C)C(O)CCCC)C(=O)O. The number of hydrogen-bond donors (Lipinski definition) is 2. The van der Waals surface area contributed by atoms with Gasteiger partial charge in [-0.1, -0.05) is 32.9 Å². The lowest BCUT2D eigenvalue weighted by atomic mass is 10.1. The summed E-state index contributed by atoms with van der Waals surface area (Å²) in [6.45, 7) is 9.14. The second-order valence-corrected chi connectivity index (χ2v) is 4.68. The lowest BCUT2D eigenvalue weighted by molar-refractivity contribution is -0.140. The van der Waals surface area contributed by atoms with E-state index in [9.17, 15) is 14.7 Å². The summed E-state index contributed by atoms with van der Waals surface area (Å²) in [6, 6.07) is 0. The van der Waals surface area contributed by atoms with E-state index in [1.54, 1.807) is 0 Å². The van der Waals surface area contributed by atoms with Gasteiger partial charge >= 0.3 is 11.9 Å². The molecule has 0 saturated carbocycles. The van der Waals surface area contributed by atoms with Gasteiger partial charge in [-0.25, -0.2) is 9.59 Å². The third-order valence-electron chi connectivity index (χ3n) is 2.90. The van der Waals surface area contributed by atoms with E-state index in [1.165, 1.54) is 0 Å². The minimum Gasteiger partial charge on any atom is -0.478 e. The molecule has 0 aromatic carbocycles. The number of unbranched alkanes of at least 4 members (excludes halogenated alkanes) is 2. The van der Waals surface area contributed by atoms with Gasteiger partial charge in [0.05, 0.1) is 18.3 Å². The van der Waals surface area contributed by atoms with Gasteiger partial charge in [-0.3, -0.25) is 0 Å². The fourth-order valence-electron chi connectivity index (χ4n) is 1.51. The molecule has 0 aliphatic heterocycles. The predicted molar refractivity (Wildman–Crippen MR) is 76.3 cm³/mol. The molecule has 1 unspecified atom stereocenters. The van der Waals surface area contributed by atoms with Crippen LogP contribution >= 0.6 is 0 Å². The van der Waals surface area contributed by atoms with E-state index in [1.807, 2.05) is 6.92 Å². The molecule has 5 heteroatoms. The minimum absolute atomic E-state index is 0.0772. The molecule has 114 valence electrons. The Morgan fingerprint density at radius 3 is 2.40 bits per heavy atom. The van der Waals surface area contributed by atoms with Crippen molar-refractivity contribution in [2.24, 2.45) is 0 Å². The molecule has 1 atom stereocenters. The number of aliphatic carboxylic acids is 1. The van der Waals surface area contributed by atoms with Crippen molar-refractivity contribution in [1.29, 1.82) is 0 Å². The number of aliphatic hydroxyl groups excluding tert-OH is 1. The zero-order chi connectivity index (χ0) is 15.5. The molecule has 0 rings (SSSR count). The lowest BCUT2D eigenvalue weighted by Crippen LogP contribution is -2.19. The summed E-state index contributed by atoms with van der Waals surface area (Å²) in [6.07, 6.45) is 2.92. The number of carboxylic acid groups (broad SMARTS) is 1. The molecule has 20 heavy (non-hydrogen) atoms. The van der Waals surface area contributed by atoms with Crippen LogP contribution in [0.2, 0.25) is 0 Å². The van der Waals surface area contributed by atoms with E-state index in [0.29, 0.717) is 25.7 Å². The number of esters is 1. The maximum atomic E-state index is 11.6. The van der Waals surface area contributed by atoms with Crippen molar-refractivity contribution in [2.45, 2.75) is 51.6 Å². The third-order valence-corrected chi connectivity index (χ3v) is 2.90. The molecule has 0 bridgehead atoms. The number of hydrogen-bond acceptors (Lipinski definition) is 4. The van der Waals surface area contributed by atoms with Crippen molar-refractivity contribution < 1.29 is 24.5 Å². The highest BCUT2D eigenvalue weighted by Crippen LogP contribution is 2.11. The smallest absolute Gasteiger partial charge is 0.336 e. The standard InChI is InChI=1S/C15H24O5/c1-4-5-9-13(16)12(3)15(19)20-10-7-6-8-11(2)14(17)18/h13,16H,2-10H2,1H3,(H,17,18). The lowest BCUT2D eigenvalue weighted by Gasteiger charge is -2.12. The van der Waals surface area contributed by atoms with Crippen molar-refractivity contribution in [3.63, 3.8) is 0 Å². The Bertz CT molecular complexity index is 359. The Hall–Kier alpha value is -1.62. The third kappa shape index (κ3) is 7.74. The van der Waals surface area contributed by atoms with E-state index in [-0.39, 0.29) is 17.8 Å². The minimum atomic E-state index is -1.01. The average Bonchev–Trinajstić information content (AvgIpc) is 2.42. The second-order valence-electron chi connectivity index (χ2n) is 4.68. The van der Waals surface area contributed by atoms with Crippen molar-refractivity contribution in [1.82, 2.24) is 0 Å². The van der Waals surface area contributed by atoms with Gasteiger partial charge in [0.25, 0.3) is 0 Å². The highest BCUT2D eigenvalue weighted by atomic mass is 16.5. The molecule has 0 heterocycles. The summed E-state index contributed by atoms with van der Waals surface area (Å²) in [5.41, 5.74) is 0.226. The molecule has 2 N–H and O–H groups in total. The van der Waals surface area contributed by atoms with Crippen LogP contribution in [-0.2, 0) is 14.3 Å². The van der Waals surface area contributed by atoms with Gasteiger partial charge in [0.2, 0.25) is 0 Å². The van der Waals surface area contributed by atoms with E-state index in [4.69, 9.17) is 9.84 Å². The Morgan fingerprint density at radius 1 is 1.20 bits per heavy atom. The second kappa shape index (κ2) is 10.2. The largest absolute Gasteiger partial charge is 0.478 e. The van der Waals surface area contributed by atoms with Gasteiger partial charge in [-0.05, 0) is 25.7 Å². The molecular formula is C15H24O5. The molecule has 5 nitrogen and oxygen atoms in total. The summed E-state index contributed by atoms with van der Waals surface area (Å²) in [5, 5.41) is 18.3. The molecule has 0 aromatic heterocycles. The molecule has 0 amide bonds. The predicted octanol–water partition coefficient (Wildman–Crippen LogP) is 2.45. The van der Waals surface area contributed by atoms with Gasteiger partial charge in [0, 0.05) is 5.57 Å². The monoisotopic (exact) mass is 284 g/mol. The van der Waals surface area contributed by atoms with Crippen LogP contribution in [0.25, 0.3) is 0 Å². The quantitative estimate of drug-likeness (QED) is 0.346. The highest BCUT2D eigenvalue weighted by Gasteiger charge is 2.17. The molecule has 0 spiro atoms. The van der Waals surface area contributed by atoms with Crippen molar-refractivity contribution >= 4 is 11.9 Å². The molecule has 0 radical (unpaired) electrons. The van der Waals surface area contributed by atoms with Crippen LogP contribution in [0.5, 0.6) is 0 Å². The van der Waals surface area contributed by atoms with Crippen molar-refractivity contribution in [3.05, 3.63) is 24.3 Å². The van der Waals surface area contributed by atoms with Crippen LogP contribution in [0.15, 0.2) is 24.3 Å². The summed E-state index contributed by atoms with van der Waals surface area (Å²) in [7, 11) is 0. The van der Waals surface area contributed by atoms with Crippen LogP contribution in [0, 0.1) is 0 Å². The molecule has 0 fully saturated rings. The summed E-state index contributed by atoms with van der Waals surface area (Å²) in [4.78, 5) is 22.1. The Labute approximate surface area is 119 Å². The fourth-order valence-corrected chi connectivity index (χ4v) is 1.51. The fraction of sp³-hybridized carbons (Fsp3) is 0.600. The van der Waals surface area contributed by atoms with Gasteiger partial charge in [-0.2, -0.15) is 0 Å². The van der Waals surface area contributed by atoms with Crippen molar-refractivity contribution in [3.8, 4) is 0 Å². The van der Waals surface area contributed by atoms with E-state index in [2.05, 4.69) is 13.2 Å². The van der Waals surface area contributed by atoms with Crippen LogP contribution in [0.4, 0.5) is 0 Å². The first-order valence-electron chi connectivity index (χ1n) is 6.85. The molecule has 0 saturated heterocycles. The topological polar surface area (TPSA) is 83.8 Å². The van der Waals surface area contributed by atoms with Gasteiger partial charge in [0.15, 0.2) is 0 Å². The Kier molecular flexibility index (Phi) is 9.38. The van der Waals surface area contributed by atoms with Crippen LogP contribution < -0.4 is 0 Å². The highest BCUT2D eigenvalue weighted by molar-refractivity contribution is 5.88. The zero-order valence-electron chi connectivity index (χ0n) is 12.1. The maximum absolute atomic E-state index is 11.6. The first kappa shape index (κ1) is 18.4. The maximum Gasteiger partial charge on any atom is 0.336 e. The number of carbonyl (C=O) groups excluding carboxylic acids is 1. The number of aliphatic hydroxyl groups is 1. The molecule has 0 aliphatic carbocycles. The number of carbonyl (C=O) groups is 2. The van der Waals surface area contributed by atoms with Gasteiger partial charge < -0.3 is 14.9 Å². The van der Waals surface area contributed by atoms with Crippen LogP contribution in [0.1, 0.15) is 45.4 Å². The molecule has 0 aromatic rings. The Morgan fingerprint density at radius 2 is 1.85 bits per heavy atom. The number of ether oxygens (including phenoxy) is 1. The van der Waals surface area contributed by atoms with Crippen molar-refractivity contribution in [2.75, 3.05) is 6.61 Å². The van der Waals surface area contributed by atoms with E-state index >= 15 is 0 Å². The van der Waals surface area contributed by atoms with Gasteiger partial charge in [0.1, 0.15) is 0 Å².